The molecule has 2 aromatic rings. The van der Waals surface area contributed by atoms with Gasteiger partial charge in [-0.1, -0.05) is 6.07 Å². The van der Waals surface area contributed by atoms with Crippen molar-refractivity contribution in [2.24, 2.45) is 5.73 Å². The van der Waals surface area contributed by atoms with E-state index in [1.165, 1.54) is 0 Å². The van der Waals surface area contributed by atoms with E-state index >= 15 is 0 Å². The first-order valence-electron chi connectivity index (χ1n) is 6.68. The van der Waals surface area contributed by atoms with E-state index in [-0.39, 0.29) is 12.0 Å². The van der Waals surface area contributed by atoms with Gasteiger partial charge in [-0.05, 0) is 32.4 Å². The number of ether oxygens (including phenoxy) is 1. The maximum Gasteiger partial charge on any atom is 0.217 e. The molecular formula is C14H20N4O2. The molecule has 1 aromatic carbocycles. The Balaban J connectivity index is 2.31. The van der Waals surface area contributed by atoms with Gasteiger partial charge < -0.3 is 20.8 Å². The van der Waals surface area contributed by atoms with Crippen LogP contribution in [0.5, 0.6) is 5.75 Å². The van der Waals surface area contributed by atoms with Crippen molar-refractivity contribution in [2.45, 2.75) is 39.3 Å². The monoisotopic (exact) mass is 276 g/mol. The zero-order valence-electron chi connectivity index (χ0n) is 11.8. The number of carbonyl (C=O) groups excluding carboxylic acids is 1. The number of anilines is 1. The second-order valence-corrected chi connectivity index (χ2v) is 4.98. The number of nitrogens with zero attached hydrogens (tertiary/aromatic N) is 2. The highest BCUT2D eigenvalue weighted by atomic mass is 16.5. The van der Waals surface area contributed by atoms with E-state index in [1.807, 2.05) is 36.6 Å². The van der Waals surface area contributed by atoms with E-state index in [1.54, 1.807) is 0 Å². The van der Waals surface area contributed by atoms with Crippen LogP contribution in [0.4, 0.5) is 5.95 Å². The van der Waals surface area contributed by atoms with Gasteiger partial charge >= 0.3 is 0 Å². The van der Waals surface area contributed by atoms with Crippen molar-refractivity contribution < 1.29 is 9.53 Å². The summed E-state index contributed by atoms with van der Waals surface area (Å²) in [4.78, 5) is 15.2. The van der Waals surface area contributed by atoms with Gasteiger partial charge in [0.15, 0.2) is 0 Å². The van der Waals surface area contributed by atoms with Gasteiger partial charge in [0, 0.05) is 13.0 Å². The molecule has 0 fully saturated rings. The van der Waals surface area contributed by atoms with Gasteiger partial charge in [0.05, 0.1) is 11.6 Å². The number of aryl methyl sites for hydroxylation is 1. The molecule has 1 aromatic heterocycles. The van der Waals surface area contributed by atoms with Crippen molar-refractivity contribution in [3.63, 3.8) is 0 Å². The molecule has 4 N–H and O–H groups in total. The lowest BCUT2D eigenvalue weighted by Crippen LogP contribution is -2.12. The van der Waals surface area contributed by atoms with Crippen molar-refractivity contribution >= 4 is 22.9 Å². The Morgan fingerprint density at radius 2 is 2.20 bits per heavy atom. The largest absolute Gasteiger partial charge is 0.489 e. The molecule has 108 valence electrons. The number of imidazole rings is 1. The predicted octanol–water partition coefficient (Wildman–Crippen LogP) is 1.67. The number of benzene rings is 1. The van der Waals surface area contributed by atoms with E-state index in [0.717, 1.165) is 16.8 Å². The summed E-state index contributed by atoms with van der Waals surface area (Å²) in [7, 11) is 0. The molecular weight excluding hydrogens is 256 g/mol. The van der Waals surface area contributed by atoms with E-state index in [9.17, 15) is 4.79 Å². The fourth-order valence-corrected chi connectivity index (χ4v) is 2.13. The molecule has 6 heteroatoms. The second-order valence-electron chi connectivity index (χ2n) is 4.98. The molecule has 20 heavy (non-hydrogen) atoms. The van der Waals surface area contributed by atoms with Crippen LogP contribution in [0, 0.1) is 0 Å². The minimum atomic E-state index is -0.308. The summed E-state index contributed by atoms with van der Waals surface area (Å²) in [5.74, 6) is 0.832. The number of carbonyl (C=O) groups is 1. The Kier molecular flexibility index (Phi) is 4.12. The number of rotatable bonds is 6. The van der Waals surface area contributed by atoms with Crippen LogP contribution in [0.2, 0.25) is 0 Å². The number of nitrogen functional groups attached to an aromatic ring is 1. The second kappa shape index (κ2) is 5.81. The Labute approximate surface area is 117 Å². The molecule has 1 heterocycles. The molecule has 0 aliphatic heterocycles. The van der Waals surface area contributed by atoms with Crippen molar-refractivity contribution in [1.29, 1.82) is 0 Å². The van der Waals surface area contributed by atoms with Gasteiger partial charge in [0.2, 0.25) is 11.9 Å². The van der Waals surface area contributed by atoms with Crippen LogP contribution in [0.1, 0.15) is 26.7 Å². The van der Waals surface area contributed by atoms with Gasteiger partial charge in [-0.3, -0.25) is 4.79 Å². The fourth-order valence-electron chi connectivity index (χ4n) is 2.13. The molecule has 0 aliphatic rings. The average molecular weight is 276 g/mol. The lowest BCUT2D eigenvalue weighted by Gasteiger charge is -2.10. The maximum absolute atomic E-state index is 10.8. The molecule has 0 atom stereocenters. The van der Waals surface area contributed by atoms with Crippen LogP contribution in [-0.2, 0) is 11.3 Å². The highest BCUT2D eigenvalue weighted by Gasteiger charge is 2.13. The molecule has 0 aliphatic carbocycles. The highest BCUT2D eigenvalue weighted by Crippen LogP contribution is 2.28. The molecule has 0 bridgehead atoms. The summed E-state index contributed by atoms with van der Waals surface area (Å²) >= 11 is 0. The molecule has 0 saturated heterocycles. The molecule has 1 amide bonds. The number of para-hydroxylation sites is 1. The van der Waals surface area contributed by atoms with E-state index < -0.39 is 0 Å². The van der Waals surface area contributed by atoms with Gasteiger partial charge in [-0.25, -0.2) is 4.98 Å². The molecule has 0 unspecified atom stereocenters. The molecule has 0 radical (unpaired) electrons. The molecule has 2 rings (SSSR count). The van der Waals surface area contributed by atoms with Crippen LogP contribution in [0.25, 0.3) is 11.0 Å². The summed E-state index contributed by atoms with van der Waals surface area (Å²) in [6.45, 7) is 4.54. The van der Waals surface area contributed by atoms with Crippen LogP contribution >= 0.6 is 0 Å². The Hall–Kier alpha value is -2.24. The van der Waals surface area contributed by atoms with Gasteiger partial charge in [-0.2, -0.15) is 0 Å². The highest BCUT2D eigenvalue weighted by molar-refractivity contribution is 5.84. The first-order valence-corrected chi connectivity index (χ1v) is 6.68. The number of hydrogen-bond donors (Lipinski definition) is 2. The summed E-state index contributed by atoms with van der Waals surface area (Å²) in [6, 6.07) is 5.73. The average Bonchev–Trinajstić information content (AvgIpc) is 2.66. The summed E-state index contributed by atoms with van der Waals surface area (Å²) in [6.07, 6.45) is 1.04. The molecule has 6 nitrogen and oxygen atoms in total. The number of fused-ring (bicyclic) bond motifs is 1. The first kappa shape index (κ1) is 14.2. The third kappa shape index (κ3) is 3.01. The van der Waals surface area contributed by atoms with Gasteiger partial charge in [-0.15, -0.1) is 0 Å². The van der Waals surface area contributed by atoms with Crippen molar-refractivity contribution in [1.82, 2.24) is 9.55 Å². The SMILES string of the molecule is CC(C)Oc1cccc2c1nc(N)n2CCCC(N)=O. The van der Waals surface area contributed by atoms with Crippen LogP contribution in [-0.4, -0.2) is 21.6 Å². The van der Waals surface area contributed by atoms with Gasteiger partial charge in [0.25, 0.3) is 0 Å². The lowest BCUT2D eigenvalue weighted by atomic mass is 10.2. The smallest absolute Gasteiger partial charge is 0.217 e. The van der Waals surface area contributed by atoms with Gasteiger partial charge in [0.1, 0.15) is 11.3 Å². The third-order valence-electron chi connectivity index (χ3n) is 2.94. The third-order valence-corrected chi connectivity index (χ3v) is 2.94. The first-order chi connectivity index (χ1) is 9.49. The molecule has 0 saturated carbocycles. The fraction of sp³-hybridized carbons (Fsp3) is 0.429. The number of primary amides is 1. The van der Waals surface area contributed by atoms with Crippen molar-refractivity contribution in [3.05, 3.63) is 18.2 Å². The molecule has 0 spiro atoms. The lowest BCUT2D eigenvalue weighted by molar-refractivity contribution is -0.118. The van der Waals surface area contributed by atoms with Crippen molar-refractivity contribution in [3.8, 4) is 5.75 Å². The van der Waals surface area contributed by atoms with Crippen LogP contribution in [0.3, 0.4) is 0 Å². The van der Waals surface area contributed by atoms with E-state index in [2.05, 4.69) is 4.98 Å². The maximum atomic E-state index is 10.8. The minimum Gasteiger partial charge on any atom is -0.489 e. The number of hydrogen-bond acceptors (Lipinski definition) is 4. The Morgan fingerprint density at radius 3 is 2.85 bits per heavy atom. The minimum absolute atomic E-state index is 0.0711. The number of amides is 1. The summed E-state index contributed by atoms with van der Waals surface area (Å²) < 4.78 is 7.61. The normalized spacial score (nSPS) is 11.2. The zero-order chi connectivity index (χ0) is 14.7. The van der Waals surface area contributed by atoms with Crippen LogP contribution < -0.4 is 16.2 Å². The summed E-state index contributed by atoms with van der Waals surface area (Å²) in [5.41, 5.74) is 12.8. The zero-order valence-corrected chi connectivity index (χ0v) is 11.8. The quantitative estimate of drug-likeness (QED) is 0.838. The van der Waals surface area contributed by atoms with Crippen molar-refractivity contribution in [2.75, 3.05) is 5.73 Å². The standard InChI is InChI=1S/C14H20N4O2/c1-9(2)20-11-6-3-5-10-13(11)17-14(16)18(10)8-4-7-12(15)19/h3,5-6,9H,4,7-8H2,1-2H3,(H2,15,19)(H2,16,17). The van der Waals surface area contributed by atoms with E-state index in [4.69, 9.17) is 16.2 Å². The topological polar surface area (TPSA) is 96.2 Å². The number of nitrogens with two attached hydrogens (primary N) is 2. The Morgan fingerprint density at radius 1 is 1.45 bits per heavy atom. The summed E-state index contributed by atoms with van der Waals surface area (Å²) in [5, 5.41) is 0. The predicted molar refractivity (Wildman–Crippen MR) is 78.3 cm³/mol. The van der Waals surface area contributed by atoms with E-state index in [0.29, 0.717) is 25.3 Å². The Bertz CT molecular complexity index is 619. The van der Waals surface area contributed by atoms with Crippen LogP contribution in [0.15, 0.2) is 18.2 Å². The number of aromatic nitrogens is 2.